The number of amides is 3. The number of fused-ring (bicyclic) bond motifs is 1. The summed E-state index contributed by atoms with van der Waals surface area (Å²) in [7, 11) is 0. The Kier molecular flexibility index (Phi) is 5.43. The van der Waals surface area contributed by atoms with Crippen molar-refractivity contribution in [3.8, 4) is 6.07 Å². The van der Waals surface area contributed by atoms with Crippen molar-refractivity contribution in [1.29, 1.82) is 5.26 Å². The molecular formula is C19H20N4O2S. The number of aromatic nitrogens is 1. The van der Waals surface area contributed by atoms with E-state index in [9.17, 15) is 14.9 Å². The smallest absolute Gasteiger partial charge is 0.324 e. The molecule has 0 radical (unpaired) electrons. The Hall–Kier alpha value is -2.59. The quantitative estimate of drug-likeness (QED) is 0.808. The summed E-state index contributed by atoms with van der Waals surface area (Å²) >= 11 is 1.39. The van der Waals surface area contributed by atoms with Gasteiger partial charge in [-0.3, -0.25) is 9.69 Å². The van der Waals surface area contributed by atoms with Gasteiger partial charge in [0.1, 0.15) is 11.1 Å². The average molecular weight is 368 g/mol. The maximum absolute atomic E-state index is 12.6. The van der Waals surface area contributed by atoms with Crippen molar-refractivity contribution in [2.24, 2.45) is 5.92 Å². The van der Waals surface area contributed by atoms with Gasteiger partial charge in [0, 0.05) is 18.0 Å². The van der Waals surface area contributed by atoms with Crippen LogP contribution in [0.1, 0.15) is 31.0 Å². The molecule has 2 atom stereocenters. The summed E-state index contributed by atoms with van der Waals surface area (Å²) in [6, 6.07) is 5.14. The van der Waals surface area contributed by atoms with Gasteiger partial charge in [0.15, 0.2) is 0 Å². The standard InChI is InChI=1S/C19H20N4O2S/c1-12(2)15-8-7-13(11-20)17(21-15)26-10-9-23-18(24)14-5-3-4-6-16(14)22-19(23)25/h3-8,12,14,16H,9-10H2,1-2H3,(H,22,25). The molecule has 1 aliphatic heterocycles. The number of nitriles is 1. The van der Waals surface area contributed by atoms with Crippen LogP contribution in [0.25, 0.3) is 0 Å². The topological polar surface area (TPSA) is 86.1 Å². The first-order valence-electron chi connectivity index (χ1n) is 8.52. The van der Waals surface area contributed by atoms with Gasteiger partial charge in [-0.15, -0.1) is 11.8 Å². The molecule has 0 bridgehead atoms. The van der Waals surface area contributed by atoms with Crippen LogP contribution < -0.4 is 5.32 Å². The van der Waals surface area contributed by atoms with E-state index in [0.717, 1.165) is 5.69 Å². The lowest BCUT2D eigenvalue weighted by Crippen LogP contribution is -2.59. The number of rotatable bonds is 5. The minimum Gasteiger partial charge on any atom is -0.330 e. The van der Waals surface area contributed by atoms with Crippen molar-refractivity contribution in [2.75, 3.05) is 12.3 Å². The molecule has 2 heterocycles. The van der Waals surface area contributed by atoms with Crippen LogP contribution in [0.5, 0.6) is 0 Å². The maximum atomic E-state index is 12.6. The molecular weight excluding hydrogens is 348 g/mol. The van der Waals surface area contributed by atoms with Crippen LogP contribution in [-0.4, -0.2) is 40.2 Å². The van der Waals surface area contributed by atoms with Crippen molar-refractivity contribution in [3.63, 3.8) is 0 Å². The van der Waals surface area contributed by atoms with E-state index in [4.69, 9.17) is 0 Å². The highest BCUT2D eigenvalue weighted by molar-refractivity contribution is 7.99. The second-order valence-corrected chi connectivity index (χ2v) is 7.55. The summed E-state index contributed by atoms with van der Waals surface area (Å²) in [6.45, 7) is 4.36. The second-order valence-electron chi connectivity index (χ2n) is 6.46. The van der Waals surface area contributed by atoms with Crippen LogP contribution in [0, 0.1) is 17.2 Å². The normalized spacial score (nSPS) is 21.5. The summed E-state index contributed by atoms with van der Waals surface area (Å²) in [6.07, 6.45) is 7.29. The number of urea groups is 1. The number of imide groups is 1. The number of hydrogen-bond donors (Lipinski definition) is 1. The van der Waals surface area contributed by atoms with Gasteiger partial charge in [0.25, 0.3) is 0 Å². The molecule has 26 heavy (non-hydrogen) atoms. The van der Waals surface area contributed by atoms with Crippen LogP contribution in [-0.2, 0) is 4.79 Å². The summed E-state index contributed by atoms with van der Waals surface area (Å²) in [4.78, 5) is 30.6. The van der Waals surface area contributed by atoms with Gasteiger partial charge in [-0.2, -0.15) is 5.26 Å². The Balaban J connectivity index is 1.66. The van der Waals surface area contributed by atoms with Crippen molar-refractivity contribution in [1.82, 2.24) is 15.2 Å². The summed E-state index contributed by atoms with van der Waals surface area (Å²) < 4.78 is 0. The highest BCUT2D eigenvalue weighted by Crippen LogP contribution is 2.25. The number of hydrogen-bond acceptors (Lipinski definition) is 5. The molecule has 7 heteroatoms. The molecule has 0 spiro atoms. The lowest BCUT2D eigenvalue weighted by Gasteiger charge is -2.35. The predicted molar refractivity (Wildman–Crippen MR) is 99.6 cm³/mol. The number of nitrogens with zero attached hydrogens (tertiary/aromatic N) is 3. The third-order valence-corrected chi connectivity index (χ3v) is 5.34. The molecule has 2 aliphatic rings. The number of allylic oxidation sites excluding steroid dienone is 2. The molecule has 3 amide bonds. The Morgan fingerprint density at radius 1 is 1.31 bits per heavy atom. The molecule has 1 aromatic rings. The third-order valence-electron chi connectivity index (χ3n) is 4.37. The van der Waals surface area contributed by atoms with Crippen molar-refractivity contribution >= 4 is 23.7 Å². The number of thioether (sulfide) groups is 1. The zero-order valence-electron chi connectivity index (χ0n) is 14.7. The van der Waals surface area contributed by atoms with Gasteiger partial charge in [0.2, 0.25) is 5.91 Å². The first kappa shape index (κ1) is 18.2. The average Bonchev–Trinajstić information content (AvgIpc) is 2.64. The van der Waals surface area contributed by atoms with Crippen LogP contribution in [0.4, 0.5) is 4.79 Å². The first-order valence-corrected chi connectivity index (χ1v) is 9.50. The van der Waals surface area contributed by atoms with Crippen molar-refractivity contribution < 1.29 is 9.59 Å². The van der Waals surface area contributed by atoms with Crippen LogP contribution in [0.3, 0.4) is 0 Å². The van der Waals surface area contributed by atoms with Gasteiger partial charge in [-0.25, -0.2) is 9.78 Å². The SMILES string of the molecule is CC(C)c1ccc(C#N)c(SCCN2C(=O)NC3C=CC=CC3C2=O)n1. The van der Waals surface area contributed by atoms with E-state index in [2.05, 4.69) is 16.4 Å². The van der Waals surface area contributed by atoms with E-state index in [0.29, 0.717) is 16.3 Å². The fourth-order valence-corrected chi connectivity index (χ4v) is 3.80. The van der Waals surface area contributed by atoms with E-state index in [-0.39, 0.29) is 36.4 Å². The molecule has 0 aromatic carbocycles. The zero-order chi connectivity index (χ0) is 18.7. The van der Waals surface area contributed by atoms with Gasteiger partial charge >= 0.3 is 6.03 Å². The highest BCUT2D eigenvalue weighted by atomic mass is 32.2. The third kappa shape index (κ3) is 3.65. The van der Waals surface area contributed by atoms with E-state index in [1.54, 1.807) is 6.07 Å². The lowest BCUT2D eigenvalue weighted by atomic mass is 9.92. The van der Waals surface area contributed by atoms with Gasteiger partial charge < -0.3 is 5.32 Å². The first-order chi connectivity index (χ1) is 12.5. The Bertz CT molecular complexity index is 825. The number of pyridine rings is 1. The molecule has 1 N–H and O–H groups in total. The minimum atomic E-state index is -0.374. The predicted octanol–water partition coefficient (Wildman–Crippen LogP) is 2.83. The zero-order valence-corrected chi connectivity index (χ0v) is 15.5. The van der Waals surface area contributed by atoms with E-state index in [1.807, 2.05) is 44.2 Å². The molecule has 2 unspecified atom stereocenters. The molecule has 1 saturated heterocycles. The van der Waals surface area contributed by atoms with Gasteiger partial charge in [0.05, 0.1) is 17.5 Å². The van der Waals surface area contributed by atoms with E-state index in [1.165, 1.54) is 16.7 Å². The Morgan fingerprint density at radius 2 is 2.08 bits per heavy atom. The second kappa shape index (κ2) is 7.75. The fraction of sp³-hybridized carbons (Fsp3) is 0.368. The highest BCUT2D eigenvalue weighted by Gasteiger charge is 2.38. The minimum absolute atomic E-state index is 0.190. The number of carbonyl (C=O) groups excluding carboxylic acids is 2. The van der Waals surface area contributed by atoms with Crippen LogP contribution >= 0.6 is 11.8 Å². The summed E-state index contributed by atoms with van der Waals surface area (Å²) in [5, 5.41) is 12.7. The van der Waals surface area contributed by atoms with Crippen LogP contribution in [0.2, 0.25) is 0 Å². The van der Waals surface area contributed by atoms with Crippen molar-refractivity contribution in [3.05, 3.63) is 47.7 Å². The van der Waals surface area contributed by atoms with Gasteiger partial charge in [-0.05, 0) is 18.1 Å². The number of nitrogens with one attached hydrogen (secondary N) is 1. The molecule has 3 rings (SSSR count). The van der Waals surface area contributed by atoms with Gasteiger partial charge in [-0.1, -0.05) is 38.2 Å². The largest absolute Gasteiger partial charge is 0.330 e. The number of carbonyl (C=O) groups is 2. The molecule has 0 saturated carbocycles. The summed E-state index contributed by atoms with van der Waals surface area (Å²) in [5.74, 6) is 0.211. The van der Waals surface area contributed by atoms with E-state index < -0.39 is 0 Å². The molecule has 6 nitrogen and oxygen atoms in total. The molecule has 1 fully saturated rings. The Labute approximate surface area is 157 Å². The van der Waals surface area contributed by atoms with E-state index >= 15 is 0 Å². The maximum Gasteiger partial charge on any atom is 0.324 e. The monoisotopic (exact) mass is 368 g/mol. The van der Waals surface area contributed by atoms with Crippen molar-refractivity contribution in [2.45, 2.75) is 30.8 Å². The van der Waals surface area contributed by atoms with Crippen LogP contribution in [0.15, 0.2) is 41.5 Å². The fourth-order valence-electron chi connectivity index (χ4n) is 2.90. The lowest BCUT2D eigenvalue weighted by molar-refractivity contribution is -0.132. The Morgan fingerprint density at radius 3 is 2.81 bits per heavy atom. The molecule has 134 valence electrons. The summed E-state index contributed by atoms with van der Waals surface area (Å²) in [5.41, 5.74) is 1.43. The molecule has 1 aromatic heterocycles. The molecule has 1 aliphatic carbocycles.